The number of halogens is 1. The summed E-state index contributed by atoms with van der Waals surface area (Å²) in [6.45, 7) is 0. The average molecular weight is 265 g/mol. The van der Waals surface area contributed by atoms with Gasteiger partial charge in [0.15, 0.2) is 0 Å². The summed E-state index contributed by atoms with van der Waals surface area (Å²) in [5.74, 6) is 0.461. The van der Waals surface area contributed by atoms with Gasteiger partial charge in [-0.15, -0.1) is 10.2 Å². The van der Waals surface area contributed by atoms with Crippen LogP contribution in [0.4, 0.5) is 0 Å². The predicted molar refractivity (Wildman–Crippen MR) is 56.2 cm³/mol. The van der Waals surface area contributed by atoms with Crippen molar-refractivity contribution < 1.29 is 4.42 Å². The second kappa shape index (κ2) is 3.16. The van der Waals surface area contributed by atoms with Crippen LogP contribution < -0.4 is 0 Å². The van der Waals surface area contributed by atoms with Crippen molar-refractivity contribution in [3.8, 4) is 11.5 Å². The van der Waals surface area contributed by atoms with E-state index in [1.165, 1.54) is 0 Å². The molecule has 3 aromatic heterocycles. The highest BCUT2D eigenvalue weighted by atomic mass is 79.9. The summed E-state index contributed by atoms with van der Waals surface area (Å²) in [4.78, 5) is 0.368. The molecule has 0 aromatic carbocycles. The first kappa shape index (κ1) is 8.60. The van der Waals surface area contributed by atoms with Gasteiger partial charge in [-0.05, 0) is 12.1 Å². The zero-order valence-electron chi connectivity index (χ0n) is 7.46. The van der Waals surface area contributed by atoms with Crippen LogP contribution in [0.2, 0.25) is 0 Å². The molecule has 0 aliphatic rings. The number of fused-ring (bicyclic) bond motifs is 1. The molecule has 0 aliphatic carbocycles. The molecule has 3 aromatic rings. The summed E-state index contributed by atoms with van der Waals surface area (Å²) in [6, 6.07) is 5.79. The van der Waals surface area contributed by atoms with Gasteiger partial charge in [-0.2, -0.15) is 5.10 Å². The smallest absolute Gasteiger partial charge is 0.285 e. The van der Waals surface area contributed by atoms with E-state index in [-0.39, 0.29) is 0 Å². The van der Waals surface area contributed by atoms with E-state index in [2.05, 4.69) is 31.2 Å². The molecule has 0 unspecified atom stereocenters. The molecule has 0 aliphatic heterocycles. The van der Waals surface area contributed by atoms with Gasteiger partial charge in [0.05, 0.1) is 17.3 Å². The SMILES string of the molecule is Brc1nnc(-c2cnn3ccccc23)o1. The fourth-order valence-corrected chi connectivity index (χ4v) is 1.65. The highest BCUT2D eigenvalue weighted by Crippen LogP contribution is 2.24. The highest BCUT2D eigenvalue weighted by molar-refractivity contribution is 9.10. The molecule has 74 valence electrons. The molecule has 0 spiro atoms. The summed E-state index contributed by atoms with van der Waals surface area (Å²) in [5.41, 5.74) is 1.77. The van der Waals surface area contributed by atoms with Gasteiger partial charge in [-0.1, -0.05) is 6.07 Å². The Bertz CT molecular complexity index is 615. The quantitative estimate of drug-likeness (QED) is 0.676. The molecular formula is C9H5BrN4O. The zero-order chi connectivity index (χ0) is 10.3. The van der Waals surface area contributed by atoms with Crippen LogP contribution in [0.1, 0.15) is 0 Å². The third-order valence-corrected chi connectivity index (χ3v) is 2.38. The van der Waals surface area contributed by atoms with Crippen LogP contribution in [0.5, 0.6) is 0 Å². The summed E-state index contributed by atoms with van der Waals surface area (Å²) >= 11 is 3.11. The van der Waals surface area contributed by atoms with Crippen LogP contribution in [0.25, 0.3) is 17.0 Å². The van der Waals surface area contributed by atoms with Crippen LogP contribution in [0.15, 0.2) is 39.8 Å². The highest BCUT2D eigenvalue weighted by Gasteiger charge is 2.11. The Morgan fingerprint density at radius 2 is 2.20 bits per heavy atom. The Morgan fingerprint density at radius 1 is 1.27 bits per heavy atom. The van der Waals surface area contributed by atoms with Gasteiger partial charge in [0.2, 0.25) is 0 Å². The Hall–Kier alpha value is -1.69. The molecule has 15 heavy (non-hydrogen) atoms. The maximum atomic E-state index is 5.28. The fourth-order valence-electron chi connectivity index (χ4n) is 1.41. The monoisotopic (exact) mass is 264 g/mol. The third kappa shape index (κ3) is 1.33. The van der Waals surface area contributed by atoms with Crippen molar-refractivity contribution in [2.24, 2.45) is 0 Å². The van der Waals surface area contributed by atoms with Gasteiger partial charge < -0.3 is 4.42 Å². The largest absolute Gasteiger partial charge is 0.411 e. The Labute approximate surface area is 92.9 Å². The third-order valence-electron chi connectivity index (χ3n) is 2.06. The molecule has 6 heteroatoms. The van der Waals surface area contributed by atoms with Crippen LogP contribution >= 0.6 is 15.9 Å². The minimum absolute atomic E-state index is 0.368. The molecular weight excluding hydrogens is 260 g/mol. The first-order valence-electron chi connectivity index (χ1n) is 4.26. The first-order valence-corrected chi connectivity index (χ1v) is 5.05. The predicted octanol–water partition coefficient (Wildman–Crippen LogP) is 2.15. The van der Waals surface area contributed by atoms with E-state index in [0.717, 1.165) is 11.1 Å². The second-order valence-corrected chi connectivity index (χ2v) is 3.63. The summed E-state index contributed by atoms with van der Waals surface area (Å²) in [6.07, 6.45) is 3.57. The molecule has 5 nitrogen and oxygen atoms in total. The van der Waals surface area contributed by atoms with Crippen LogP contribution in [-0.2, 0) is 0 Å². The molecule has 3 rings (SSSR count). The second-order valence-electron chi connectivity index (χ2n) is 2.95. The lowest BCUT2D eigenvalue weighted by Crippen LogP contribution is -1.83. The maximum Gasteiger partial charge on any atom is 0.285 e. The number of rotatable bonds is 1. The Kier molecular flexibility index (Phi) is 1.81. The van der Waals surface area contributed by atoms with Gasteiger partial charge in [-0.3, -0.25) is 0 Å². The lowest BCUT2D eigenvalue weighted by molar-refractivity contribution is 0.541. The van der Waals surface area contributed by atoms with Crippen LogP contribution in [0.3, 0.4) is 0 Å². The van der Waals surface area contributed by atoms with Crippen molar-refractivity contribution in [1.29, 1.82) is 0 Å². The topological polar surface area (TPSA) is 56.2 Å². The molecule has 0 bridgehead atoms. The molecule has 0 atom stereocenters. The number of hydrogen-bond acceptors (Lipinski definition) is 4. The minimum Gasteiger partial charge on any atom is -0.411 e. The molecule has 0 fully saturated rings. The number of nitrogens with zero attached hydrogens (tertiary/aromatic N) is 4. The standard InChI is InChI=1S/C9H5BrN4O/c10-9-13-12-8(15-9)6-5-11-14-4-2-1-3-7(6)14/h1-5H. The molecule has 0 saturated carbocycles. The van der Waals surface area contributed by atoms with E-state index in [4.69, 9.17) is 4.42 Å². The summed E-state index contributed by atoms with van der Waals surface area (Å²) in [5, 5.41) is 11.8. The molecule has 0 amide bonds. The van der Waals surface area contributed by atoms with Crippen molar-refractivity contribution in [1.82, 2.24) is 19.8 Å². The lowest BCUT2D eigenvalue weighted by atomic mass is 10.2. The van der Waals surface area contributed by atoms with Crippen LogP contribution in [-0.4, -0.2) is 19.8 Å². The number of aromatic nitrogens is 4. The van der Waals surface area contributed by atoms with Gasteiger partial charge in [0.1, 0.15) is 0 Å². The van der Waals surface area contributed by atoms with Crippen molar-refractivity contribution in [2.45, 2.75) is 0 Å². The Balaban J connectivity index is 2.27. The van der Waals surface area contributed by atoms with Gasteiger partial charge in [0, 0.05) is 22.1 Å². The average Bonchev–Trinajstić information content (AvgIpc) is 2.83. The van der Waals surface area contributed by atoms with E-state index in [1.807, 2.05) is 24.4 Å². The van der Waals surface area contributed by atoms with Crippen molar-refractivity contribution in [3.05, 3.63) is 35.4 Å². The number of hydrogen-bond donors (Lipinski definition) is 0. The van der Waals surface area contributed by atoms with Gasteiger partial charge in [-0.25, -0.2) is 4.52 Å². The molecule has 0 radical (unpaired) electrons. The molecule has 3 heterocycles. The van der Waals surface area contributed by atoms with E-state index < -0.39 is 0 Å². The van der Waals surface area contributed by atoms with E-state index in [9.17, 15) is 0 Å². The number of pyridine rings is 1. The maximum absolute atomic E-state index is 5.28. The van der Waals surface area contributed by atoms with E-state index in [0.29, 0.717) is 10.7 Å². The van der Waals surface area contributed by atoms with Gasteiger partial charge >= 0.3 is 0 Å². The van der Waals surface area contributed by atoms with Crippen LogP contribution in [0, 0.1) is 0 Å². The van der Waals surface area contributed by atoms with Gasteiger partial charge in [0.25, 0.3) is 10.7 Å². The molecule has 0 N–H and O–H groups in total. The zero-order valence-corrected chi connectivity index (χ0v) is 9.05. The summed E-state index contributed by atoms with van der Waals surface area (Å²) in [7, 11) is 0. The molecule has 0 saturated heterocycles. The van der Waals surface area contributed by atoms with Crippen molar-refractivity contribution in [3.63, 3.8) is 0 Å². The van der Waals surface area contributed by atoms with E-state index in [1.54, 1.807) is 10.7 Å². The summed E-state index contributed by atoms with van der Waals surface area (Å²) < 4.78 is 7.03. The van der Waals surface area contributed by atoms with Crippen molar-refractivity contribution in [2.75, 3.05) is 0 Å². The minimum atomic E-state index is 0.368. The fraction of sp³-hybridized carbons (Fsp3) is 0. The Morgan fingerprint density at radius 3 is 3.00 bits per heavy atom. The first-order chi connectivity index (χ1) is 7.34. The lowest BCUT2D eigenvalue weighted by Gasteiger charge is -1.92. The normalized spacial score (nSPS) is 11.0. The van der Waals surface area contributed by atoms with Crippen molar-refractivity contribution >= 4 is 21.4 Å². The van der Waals surface area contributed by atoms with E-state index >= 15 is 0 Å².